The first-order valence-corrected chi connectivity index (χ1v) is 6.90. The molecule has 0 bridgehead atoms. The van der Waals surface area contributed by atoms with Gasteiger partial charge in [-0.2, -0.15) is 0 Å². The first-order chi connectivity index (χ1) is 7.98. The van der Waals surface area contributed by atoms with Crippen LogP contribution in [0.2, 0.25) is 0 Å². The summed E-state index contributed by atoms with van der Waals surface area (Å²) in [7, 11) is 0. The zero-order chi connectivity index (χ0) is 12.9. The van der Waals surface area contributed by atoms with Crippen molar-refractivity contribution in [2.75, 3.05) is 6.54 Å². The first kappa shape index (κ1) is 14.3. The van der Waals surface area contributed by atoms with Crippen LogP contribution in [0.5, 0.6) is 0 Å². The Morgan fingerprint density at radius 1 is 1.53 bits per heavy atom. The maximum Gasteiger partial charge on any atom is 0.226 e. The van der Waals surface area contributed by atoms with E-state index in [9.17, 15) is 4.79 Å². The van der Waals surface area contributed by atoms with Crippen LogP contribution in [0.4, 0.5) is 0 Å². The molecule has 0 aromatic rings. The van der Waals surface area contributed by atoms with Gasteiger partial charge >= 0.3 is 0 Å². The highest BCUT2D eigenvalue weighted by atomic mass is 16.2. The molecule has 1 rings (SSSR count). The summed E-state index contributed by atoms with van der Waals surface area (Å²) >= 11 is 0. The number of hydrogen-bond donors (Lipinski definition) is 0. The van der Waals surface area contributed by atoms with Crippen LogP contribution in [0.3, 0.4) is 0 Å². The molecule has 0 aromatic carbocycles. The van der Waals surface area contributed by atoms with Crippen molar-refractivity contribution < 1.29 is 4.79 Å². The average Bonchev–Trinajstić information content (AvgIpc) is 2.29. The Morgan fingerprint density at radius 3 is 2.82 bits per heavy atom. The Morgan fingerprint density at radius 2 is 2.24 bits per heavy atom. The SMILES string of the molecule is C=CN1CCCC(CC)CC(C)(C)CCC1=O. The third-order valence-electron chi connectivity index (χ3n) is 3.99. The van der Waals surface area contributed by atoms with Crippen molar-refractivity contribution in [3.05, 3.63) is 12.8 Å². The third-order valence-corrected chi connectivity index (χ3v) is 3.99. The summed E-state index contributed by atoms with van der Waals surface area (Å²) in [5, 5.41) is 0. The fraction of sp³-hybridized carbons (Fsp3) is 0.800. The molecule has 2 nitrogen and oxygen atoms in total. The summed E-state index contributed by atoms with van der Waals surface area (Å²) < 4.78 is 0. The predicted octanol–water partition coefficient (Wildman–Crippen LogP) is 3.98. The summed E-state index contributed by atoms with van der Waals surface area (Å²) in [6.07, 6.45) is 8.19. The lowest BCUT2D eigenvalue weighted by Gasteiger charge is -2.32. The Kier molecular flexibility index (Phi) is 5.23. The van der Waals surface area contributed by atoms with Crippen molar-refractivity contribution in [2.24, 2.45) is 11.3 Å². The van der Waals surface area contributed by atoms with E-state index in [4.69, 9.17) is 0 Å². The number of carbonyl (C=O) groups excluding carboxylic acids is 1. The van der Waals surface area contributed by atoms with Gasteiger partial charge in [-0.05, 0) is 43.2 Å². The summed E-state index contributed by atoms with van der Waals surface area (Å²) in [6.45, 7) is 11.5. The summed E-state index contributed by atoms with van der Waals surface area (Å²) in [5.41, 5.74) is 0.292. The van der Waals surface area contributed by atoms with Crippen LogP contribution in [0.25, 0.3) is 0 Å². The van der Waals surface area contributed by atoms with Gasteiger partial charge in [-0.15, -0.1) is 0 Å². The van der Waals surface area contributed by atoms with Gasteiger partial charge in [-0.25, -0.2) is 0 Å². The van der Waals surface area contributed by atoms with E-state index in [1.165, 1.54) is 19.3 Å². The molecule has 17 heavy (non-hydrogen) atoms. The van der Waals surface area contributed by atoms with Crippen molar-refractivity contribution in [1.82, 2.24) is 4.90 Å². The molecule has 98 valence electrons. The first-order valence-electron chi connectivity index (χ1n) is 6.90. The maximum atomic E-state index is 12.0. The van der Waals surface area contributed by atoms with E-state index >= 15 is 0 Å². The molecule has 1 fully saturated rings. The number of carbonyl (C=O) groups is 1. The lowest BCUT2D eigenvalue weighted by atomic mass is 9.76. The van der Waals surface area contributed by atoms with E-state index in [1.807, 2.05) is 0 Å². The zero-order valence-electron chi connectivity index (χ0n) is 11.7. The van der Waals surface area contributed by atoms with Crippen LogP contribution in [0.1, 0.15) is 59.3 Å². The van der Waals surface area contributed by atoms with Crippen molar-refractivity contribution in [1.29, 1.82) is 0 Å². The van der Waals surface area contributed by atoms with Gasteiger partial charge in [0.15, 0.2) is 0 Å². The van der Waals surface area contributed by atoms with Gasteiger partial charge in [-0.3, -0.25) is 4.79 Å². The van der Waals surface area contributed by atoms with E-state index in [0.717, 1.165) is 25.3 Å². The lowest BCUT2D eigenvalue weighted by Crippen LogP contribution is -2.30. The Balaban J connectivity index is 2.70. The summed E-state index contributed by atoms with van der Waals surface area (Å²) in [5.74, 6) is 1.05. The molecule has 0 aromatic heterocycles. The molecule has 1 aliphatic rings. The van der Waals surface area contributed by atoms with Crippen LogP contribution in [0, 0.1) is 11.3 Å². The third kappa shape index (κ3) is 4.53. The number of hydrogen-bond acceptors (Lipinski definition) is 1. The maximum absolute atomic E-state index is 12.0. The molecule has 2 heteroatoms. The highest BCUT2D eigenvalue weighted by Gasteiger charge is 2.25. The van der Waals surface area contributed by atoms with Crippen molar-refractivity contribution in [3.8, 4) is 0 Å². The van der Waals surface area contributed by atoms with E-state index in [2.05, 4.69) is 27.4 Å². The second kappa shape index (κ2) is 6.23. The molecule has 0 radical (unpaired) electrons. The number of nitrogens with zero attached hydrogens (tertiary/aromatic N) is 1. The minimum atomic E-state index is 0.239. The van der Waals surface area contributed by atoms with Crippen LogP contribution < -0.4 is 0 Å². The topological polar surface area (TPSA) is 20.3 Å². The molecule has 0 N–H and O–H groups in total. The van der Waals surface area contributed by atoms with Gasteiger partial charge in [0.2, 0.25) is 5.91 Å². The van der Waals surface area contributed by atoms with Crippen LogP contribution in [-0.2, 0) is 4.79 Å². The number of amides is 1. The summed E-state index contributed by atoms with van der Waals surface area (Å²) in [4.78, 5) is 13.8. The molecular formula is C15H27NO. The van der Waals surface area contributed by atoms with Crippen molar-refractivity contribution in [3.63, 3.8) is 0 Å². The Labute approximate surface area is 106 Å². The van der Waals surface area contributed by atoms with Gasteiger partial charge in [0.1, 0.15) is 0 Å². The highest BCUT2D eigenvalue weighted by molar-refractivity contribution is 5.77. The van der Waals surface area contributed by atoms with Crippen LogP contribution in [-0.4, -0.2) is 17.4 Å². The molecule has 1 aliphatic heterocycles. The summed E-state index contributed by atoms with van der Waals surface area (Å²) in [6, 6.07) is 0. The fourth-order valence-corrected chi connectivity index (χ4v) is 2.79. The predicted molar refractivity (Wildman–Crippen MR) is 72.6 cm³/mol. The van der Waals surface area contributed by atoms with Crippen LogP contribution in [0.15, 0.2) is 12.8 Å². The quantitative estimate of drug-likeness (QED) is 0.711. The average molecular weight is 237 g/mol. The second-order valence-corrected chi connectivity index (χ2v) is 6.05. The van der Waals surface area contributed by atoms with Gasteiger partial charge in [0.25, 0.3) is 0 Å². The van der Waals surface area contributed by atoms with Gasteiger partial charge < -0.3 is 4.90 Å². The fourth-order valence-electron chi connectivity index (χ4n) is 2.79. The van der Waals surface area contributed by atoms with Gasteiger partial charge in [-0.1, -0.05) is 33.8 Å². The smallest absolute Gasteiger partial charge is 0.226 e. The monoisotopic (exact) mass is 237 g/mol. The van der Waals surface area contributed by atoms with E-state index in [0.29, 0.717) is 11.8 Å². The zero-order valence-corrected chi connectivity index (χ0v) is 11.7. The minimum Gasteiger partial charge on any atom is -0.320 e. The number of rotatable bonds is 2. The van der Waals surface area contributed by atoms with Crippen molar-refractivity contribution in [2.45, 2.75) is 59.3 Å². The van der Waals surface area contributed by atoms with Gasteiger partial charge in [0, 0.05) is 13.0 Å². The van der Waals surface area contributed by atoms with Gasteiger partial charge in [0.05, 0.1) is 0 Å². The molecular weight excluding hydrogens is 210 g/mol. The Hall–Kier alpha value is -0.790. The largest absolute Gasteiger partial charge is 0.320 e. The normalized spacial score (nSPS) is 26.6. The molecule has 0 spiro atoms. The standard InChI is InChI=1S/C15H27NO/c1-5-13-8-7-11-16(6-2)14(17)9-10-15(3,4)12-13/h6,13H,2,5,7-12H2,1,3-4H3. The Bertz CT molecular complexity index is 270. The van der Waals surface area contributed by atoms with Crippen molar-refractivity contribution >= 4 is 5.91 Å². The van der Waals surface area contributed by atoms with Crippen LogP contribution >= 0.6 is 0 Å². The van der Waals surface area contributed by atoms with E-state index in [1.54, 1.807) is 11.1 Å². The molecule has 1 amide bonds. The lowest BCUT2D eigenvalue weighted by molar-refractivity contribution is -0.129. The minimum absolute atomic E-state index is 0.239. The van der Waals surface area contributed by atoms with E-state index < -0.39 is 0 Å². The molecule has 0 aliphatic carbocycles. The molecule has 1 saturated heterocycles. The second-order valence-electron chi connectivity index (χ2n) is 6.05. The highest BCUT2D eigenvalue weighted by Crippen LogP contribution is 2.34. The molecule has 1 heterocycles. The molecule has 0 saturated carbocycles. The van der Waals surface area contributed by atoms with E-state index in [-0.39, 0.29) is 5.91 Å². The molecule has 1 atom stereocenters. The molecule has 1 unspecified atom stereocenters.